The van der Waals surface area contributed by atoms with E-state index in [0.29, 0.717) is 18.8 Å². The predicted molar refractivity (Wildman–Crippen MR) is 67.0 cm³/mol. The van der Waals surface area contributed by atoms with Gasteiger partial charge in [0.15, 0.2) is 0 Å². The average molecular weight is 236 g/mol. The topological polar surface area (TPSA) is 54.1 Å². The van der Waals surface area contributed by atoms with Gasteiger partial charge in [-0.3, -0.25) is 4.68 Å². The van der Waals surface area contributed by atoms with E-state index in [4.69, 9.17) is 10.00 Å². The van der Waals surface area contributed by atoms with Gasteiger partial charge in [-0.2, -0.15) is 10.4 Å². The zero-order valence-corrected chi connectivity index (χ0v) is 11.0. The van der Waals surface area contributed by atoms with Crippen molar-refractivity contribution in [3.8, 4) is 6.07 Å². The summed E-state index contributed by atoms with van der Waals surface area (Å²) < 4.78 is 7.12. The third-order valence-electron chi connectivity index (χ3n) is 2.69. The molecule has 0 N–H and O–H groups in total. The molecule has 1 aromatic rings. The number of nitriles is 1. The molecular formula is C12H20N4O. The van der Waals surface area contributed by atoms with Crippen LogP contribution in [0.1, 0.15) is 25.1 Å². The van der Waals surface area contributed by atoms with Crippen LogP contribution >= 0.6 is 0 Å². The highest BCUT2D eigenvalue weighted by atomic mass is 16.5. The van der Waals surface area contributed by atoms with E-state index < -0.39 is 0 Å². The van der Waals surface area contributed by atoms with Crippen molar-refractivity contribution in [1.29, 1.82) is 5.26 Å². The van der Waals surface area contributed by atoms with E-state index in [0.717, 1.165) is 24.6 Å². The molecule has 0 aliphatic heterocycles. The fraction of sp³-hybridized carbons (Fsp3) is 0.667. The first-order chi connectivity index (χ1) is 8.15. The summed E-state index contributed by atoms with van der Waals surface area (Å²) in [7, 11) is 1.87. The van der Waals surface area contributed by atoms with Gasteiger partial charge < -0.3 is 9.64 Å². The van der Waals surface area contributed by atoms with Crippen molar-refractivity contribution >= 4 is 5.82 Å². The lowest BCUT2D eigenvalue weighted by molar-refractivity contribution is 0.154. The molecule has 0 atom stereocenters. The Balaban J connectivity index is 2.91. The summed E-state index contributed by atoms with van der Waals surface area (Å²) in [5.41, 5.74) is 1.44. The lowest BCUT2D eigenvalue weighted by Crippen LogP contribution is -2.29. The molecule has 17 heavy (non-hydrogen) atoms. The summed E-state index contributed by atoms with van der Waals surface area (Å²) in [6.07, 6.45) is 0. The van der Waals surface area contributed by atoms with Crippen LogP contribution in [0.3, 0.4) is 0 Å². The number of rotatable bonds is 6. The van der Waals surface area contributed by atoms with Crippen LogP contribution in [-0.2, 0) is 11.8 Å². The molecule has 0 radical (unpaired) electrons. The number of hydrogen-bond donors (Lipinski definition) is 0. The van der Waals surface area contributed by atoms with Crippen molar-refractivity contribution in [2.45, 2.75) is 20.8 Å². The van der Waals surface area contributed by atoms with E-state index in [1.807, 2.05) is 20.9 Å². The first-order valence-corrected chi connectivity index (χ1v) is 5.92. The second-order valence-corrected chi connectivity index (χ2v) is 3.80. The van der Waals surface area contributed by atoms with Crippen molar-refractivity contribution in [2.24, 2.45) is 7.05 Å². The molecule has 5 nitrogen and oxygen atoms in total. The second-order valence-electron chi connectivity index (χ2n) is 3.80. The van der Waals surface area contributed by atoms with Gasteiger partial charge in [-0.15, -0.1) is 0 Å². The second kappa shape index (κ2) is 6.26. The van der Waals surface area contributed by atoms with Crippen molar-refractivity contribution in [2.75, 3.05) is 31.2 Å². The van der Waals surface area contributed by atoms with Crippen LogP contribution in [0.5, 0.6) is 0 Å². The SMILES string of the molecule is CCOCCN(CC)c1c(C#N)c(C)nn1C. The molecule has 0 fully saturated rings. The number of anilines is 1. The van der Waals surface area contributed by atoms with Crippen LogP contribution in [0.25, 0.3) is 0 Å². The summed E-state index contributed by atoms with van der Waals surface area (Å²) >= 11 is 0. The highest BCUT2D eigenvalue weighted by Crippen LogP contribution is 2.21. The largest absolute Gasteiger partial charge is 0.380 e. The maximum absolute atomic E-state index is 9.17. The summed E-state index contributed by atoms with van der Waals surface area (Å²) in [6, 6.07) is 2.22. The highest BCUT2D eigenvalue weighted by Gasteiger charge is 2.17. The first-order valence-electron chi connectivity index (χ1n) is 5.92. The van der Waals surface area contributed by atoms with Crippen LogP contribution in [0, 0.1) is 18.3 Å². The standard InChI is InChI=1S/C12H20N4O/c1-5-16(7-8-17-6-2)12-11(9-13)10(3)14-15(12)4/h5-8H2,1-4H3. The molecule has 0 aromatic carbocycles. The van der Waals surface area contributed by atoms with Gasteiger partial charge in [0.25, 0.3) is 0 Å². The molecule has 5 heteroatoms. The van der Waals surface area contributed by atoms with Crippen LogP contribution in [0.4, 0.5) is 5.82 Å². The molecule has 0 aliphatic carbocycles. The average Bonchev–Trinajstić information content (AvgIpc) is 2.59. The zero-order chi connectivity index (χ0) is 12.8. The molecule has 1 heterocycles. The van der Waals surface area contributed by atoms with Gasteiger partial charge >= 0.3 is 0 Å². The number of nitrogens with zero attached hydrogens (tertiary/aromatic N) is 4. The molecular weight excluding hydrogens is 216 g/mol. The highest BCUT2D eigenvalue weighted by molar-refractivity contribution is 5.56. The minimum Gasteiger partial charge on any atom is -0.380 e. The Morgan fingerprint density at radius 2 is 2.18 bits per heavy atom. The fourth-order valence-corrected chi connectivity index (χ4v) is 1.87. The molecule has 0 aliphatic rings. The molecule has 0 amide bonds. The number of ether oxygens (including phenoxy) is 1. The maximum Gasteiger partial charge on any atom is 0.145 e. The molecule has 0 saturated carbocycles. The lowest BCUT2D eigenvalue weighted by atomic mass is 10.2. The zero-order valence-electron chi connectivity index (χ0n) is 11.0. The Morgan fingerprint density at radius 3 is 2.71 bits per heavy atom. The van der Waals surface area contributed by atoms with Gasteiger partial charge in [0, 0.05) is 26.7 Å². The van der Waals surface area contributed by atoms with E-state index in [2.05, 4.69) is 23.0 Å². The van der Waals surface area contributed by atoms with Crippen LogP contribution in [0.15, 0.2) is 0 Å². The monoisotopic (exact) mass is 236 g/mol. The summed E-state index contributed by atoms with van der Waals surface area (Å²) in [4.78, 5) is 2.12. The molecule has 0 spiro atoms. The number of hydrogen-bond acceptors (Lipinski definition) is 4. The maximum atomic E-state index is 9.17. The quantitative estimate of drug-likeness (QED) is 0.702. The summed E-state index contributed by atoms with van der Waals surface area (Å²) in [5, 5.41) is 13.5. The summed E-state index contributed by atoms with van der Waals surface area (Å²) in [6.45, 7) is 8.89. The molecule has 94 valence electrons. The Kier molecular flexibility index (Phi) is 4.98. The Hall–Kier alpha value is -1.54. The van der Waals surface area contributed by atoms with Crippen LogP contribution in [0.2, 0.25) is 0 Å². The molecule has 0 saturated heterocycles. The normalized spacial score (nSPS) is 10.3. The van der Waals surface area contributed by atoms with Crippen molar-refractivity contribution in [1.82, 2.24) is 9.78 Å². The van der Waals surface area contributed by atoms with Gasteiger partial charge in [-0.05, 0) is 20.8 Å². The van der Waals surface area contributed by atoms with E-state index in [1.165, 1.54) is 0 Å². The van der Waals surface area contributed by atoms with Gasteiger partial charge in [0.05, 0.1) is 12.3 Å². The molecule has 0 unspecified atom stereocenters. The van der Waals surface area contributed by atoms with Gasteiger partial charge in [0.1, 0.15) is 17.5 Å². The molecule has 1 aromatic heterocycles. The number of aromatic nitrogens is 2. The van der Waals surface area contributed by atoms with E-state index >= 15 is 0 Å². The van der Waals surface area contributed by atoms with Crippen molar-refractivity contribution in [3.63, 3.8) is 0 Å². The minimum atomic E-state index is 0.658. The summed E-state index contributed by atoms with van der Waals surface area (Å²) in [5.74, 6) is 0.882. The molecule has 1 rings (SSSR count). The van der Waals surface area contributed by atoms with Crippen LogP contribution in [-0.4, -0.2) is 36.1 Å². The Morgan fingerprint density at radius 1 is 1.47 bits per heavy atom. The van der Waals surface area contributed by atoms with Gasteiger partial charge in [0.2, 0.25) is 0 Å². The smallest absolute Gasteiger partial charge is 0.145 e. The lowest BCUT2D eigenvalue weighted by Gasteiger charge is -2.23. The predicted octanol–water partition coefficient (Wildman–Crippen LogP) is 1.46. The first kappa shape index (κ1) is 13.5. The Bertz CT molecular complexity index is 405. The van der Waals surface area contributed by atoms with Crippen LogP contribution < -0.4 is 4.90 Å². The van der Waals surface area contributed by atoms with E-state index in [-0.39, 0.29) is 0 Å². The van der Waals surface area contributed by atoms with E-state index in [1.54, 1.807) is 4.68 Å². The minimum absolute atomic E-state index is 0.658. The van der Waals surface area contributed by atoms with E-state index in [9.17, 15) is 0 Å². The number of aryl methyl sites for hydroxylation is 2. The third-order valence-corrected chi connectivity index (χ3v) is 2.69. The van der Waals surface area contributed by atoms with Crippen molar-refractivity contribution in [3.05, 3.63) is 11.3 Å². The third kappa shape index (κ3) is 2.98. The van der Waals surface area contributed by atoms with Gasteiger partial charge in [-0.25, -0.2) is 0 Å². The Labute approximate surface area is 103 Å². The van der Waals surface area contributed by atoms with Gasteiger partial charge in [-0.1, -0.05) is 0 Å². The fourth-order valence-electron chi connectivity index (χ4n) is 1.87. The van der Waals surface area contributed by atoms with Crippen molar-refractivity contribution < 1.29 is 4.74 Å². The number of likely N-dealkylation sites (N-methyl/N-ethyl adjacent to an activating group) is 1. The molecule has 0 bridgehead atoms.